The van der Waals surface area contributed by atoms with E-state index in [1.165, 1.54) is 19.3 Å². The van der Waals surface area contributed by atoms with Gasteiger partial charge in [-0.3, -0.25) is 0 Å². The predicted octanol–water partition coefficient (Wildman–Crippen LogP) is 4.58. The number of rotatable bonds is 8. The number of benzene rings is 1. The molecule has 2 nitrogen and oxygen atoms in total. The maximum Gasteiger partial charge on any atom is 0.178 e. The van der Waals surface area contributed by atoms with Crippen LogP contribution in [-0.2, 0) is 9.84 Å². The molecule has 0 aliphatic rings. The van der Waals surface area contributed by atoms with Gasteiger partial charge in [0.2, 0.25) is 0 Å². The highest BCUT2D eigenvalue weighted by molar-refractivity contribution is 9.10. The third kappa shape index (κ3) is 5.53. The smallest absolute Gasteiger partial charge is 0.178 e. The van der Waals surface area contributed by atoms with Crippen molar-refractivity contribution < 1.29 is 8.42 Å². The molecule has 0 atom stereocenters. The lowest BCUT2D eigenvalue weighted by Gasteiger charge is -2.04. The summed E-state index contributed by atoms with van der Waals surface area (Å²) in [6, 6.07) is 6.87. The molecule has 0 N–H and O–H groups in total. The largest absolute Gasteiger partial charge is 0.224 e. The summed E-state index contributed by atoms with van der Waals surface area (Å²) in [4.78, 5) is 0.430. The van der Waals surface area contributed by atoms with Gasteiger partial charge in [0.15, 0.2) is 9.84 Å². The van der Waals surface area contributed by atoms with E-state index in [9.17, 15) is 8.42 Å². The van der Waals surface area contributed by atoms with E-state index in [4.69, 9.17) is 0 Å². The fourth-order valence-corrected chi connectivity index (χ4v) is 3.47. The summed E-state index contributed by atoms with van der Waals surface area (Å²) in [5, 5.41) is 0. The van der Waals surface area contributed by atoms with Crippen LogP contribution in [0.2, 0.25) is 0 Å². The first-order valence-corrected chi connectivity index (χ1v) is 8.99. The molecule has 0 unspecified atom stereocenters. The summed E-state index contributed by atoms with van der Waals surface area (Å²) < 4.78 is 24.9. The van der Waals surface area contributed by atoms with Crippen molar-refractivity contribution in [1.29, 1.82) is 0 Å². The highest BCUT2D eigenvalue weighted by atomic mass is 79.9. The Kier molecular flexibility index (Phi) is 6.94. The number of hydrogen-bond acceptors (Lipinski definition) is 2. The molecule has 4 heteroatoms. The van der Waals surface area contributed by atoms with Crippen molar-refractivity contribution in [2.45, 2.75) is 50.3 Å². The minimum atomic E-state index is -3.09. The Morgan fingerprint density at radius 2 is 1.50 bits per heavy atom. The second kappa shape index (κ2) is 7.95. The van der Waals surface area contributed by atoms with E-state index in [0.29, 0.717) is 4.90 Å². The predicted molar refractivity (Wildman–Crippen MR) is 79.6 cm³/mol. The van der Waals surface area contributed by atoms with E-state index < -0.39 is 9.84 Å². The molecular weight excluding hydrogens is 312 g/mol. The van der Waals surface area contributed by atoms with Crippen LogP contribution in [0.3, 0.4) is 0 Å². The summed E-state index contributed by atoms with van der Waals surface area (Å²) in [6.07, 6.45) is 6.60. The molecule has 1 aromatic rings. The summed E-state index contributed by atoms with van der Waals surface area (Å²) in [5.74, 6) is 0.265. The third-order valence-corrected chi connectivity index (χ3v) is 5.28. The number of halogens is 1. The van der Waals surface area contributed by atoms with Crippen LogP contribution in [0.25, 0.3) is 0 Å². The normalized spacial score (nSPS) is 11.7. The molecule has 0 aliphatic carbocycles. The van der Waals surface area contributed by atoms with Crippen LogP contribution in [0.5, 0.6) is 0 Å². The van der Waals surface area contributed by atoms with Crippen molar-refractivity contribution >= 4 is 25.8 Å². The van der Waals surface area contributed by atoms with Crippen molar-refractivity contribution in [3.63, 3.8) is 0 Å². The van der Waals surface area contributed by atoms with E-state index in [1.54, 1.807) is 24.3 Å². The highest BCUT2D eigenvalue weighted by Crippen LogP contribution is 2.17. The monoisotopic (exact) mass is 332 g/mol. The first-order chi connectivity index (χ1) is 8.56. The molecule has 0 aliphatic heterocycles. The molecule has 0 saturated heterocycles. The molecule has 0 bridgehead atoms. The van der Waals surface area contributed by atoms with Crippen molar-refractivity contribution in [2.75, 3.05) is 5.75 Å². The van der Waals surface area contributed by atoms with Crippen LogP contribution in [0.15, 0.2) is 33.6 Å². The molecule has 0 radical (unpaired) electrons. The molecule has 0 aromatic heterocycles. The van der Waals surface area contributed by atoms with E-state index in [2.05, 4.69) is 22.9 Å². The minimum absolute atomic E-state index is 0.265. The maximum atomic E-state index is 12.0. The molecule has 18 heavy (non-hydrogen) atoms. The summed E-state index contributed by atoms with van der Waals surface area (Å²) in [6.45, 7) is 2.18. The van der Waals surface area contributed by atoms with Crippen LogP contribution in [0, 0.1) is 0 Å². The standard InChI is InChI=1S/C14H21BrO2S/c1-2-3-4-5-6-7-12-18(16,17)14-10-8-13(15)9-11-14/h8-11H,2-7,12H2,1H3. The number of sulfone groups is 1. The van der Waals surface area contributed by atoms with E-state index in [-0.39, 0.29) is 5.75 Å². The molecule has 1 aromatic carbocycles. The van der Waals surface area contributed by atoms with Crippen LogP contribution >= 0.6 is 15.9 Å². The van der Waals surface area contributed by atoms with Gasteiger partial charge in [-0.05, 0) is 30.7 Å². The van der Waals surface area contributed by atoms with Crippen molar-refractivity contribution in [2.24, 2.45) is 0 Å². The topological polar surface area (TPSA) is 34.1 Å². The SMILES string of the molecule is CCCCCCCCS(=O)(=O)c1ccc(Br)cc1. The van der Waals surface area contributed by atoms with Gasteiger partial charge in [0.1, 0.15) is 0 Å². The van der Waals surface area contributed by atoms with Crippen LogP contribution in [0.1, 0.15) is 45.4 Å². The molecule has 102 valence electrons. The lowest BCUT2D eigenvalue weighted by atomic mass is 10.1. The molecule has 0 heterocycles. The van der Waals surface area contributed by atoms with Gasteiger partial charge in [-0.2, -0.15) is 0 Å². The Bertz CT molecular complexity index is 437. The van der Waals surface area contributed by atoms with Crippen molar-refractivity contribution in [1.82, 2.24) is 0 Å². The Morgan fingerprint density at radius 1 is 0.944 bits per heavy atom. The maximum absolute atomic E-state index is 12.0. The Morgan fingerprint density at radius 3 is 2.11 bits per heavy atom. The second-order valence-electron chi connectivity index (χ2n) is 4.54. The molecule has 0 spiro atoms. The van der Waals surface area contributed by atoms with Crippen LogP contribution in [-0.4, -0.2) is 14.2 Å². The molecule has 1 rings (SSSR count). The molecule has 0 saturated carbocycles. The van der Waals surface area contributed by atoms with Gasteiger partial charge < -0.3 is 0 Å². The average Bonchev–Trinajstić information content (AvgIpc) is 2.34. The number of hydrogen-bond donors (Lipinski definition) is 0. The zero-order valence-electron chi connectivity index (χ0n) is 10.9. The zero-order chi connectivity index (χ0) is 13.4. The highest BCUT2D eigenvalue weighted by Gasteiger charge is 2.13. The van der Waals surface area contributed by atoms with Gasteiger partial charge in [-0.25, -0.2) is 8.42 Å². The van der Waals surface area contributed by atoms with Crippen LogP contribution in [0.4, 0.5) is 0 Å². The van der Waals surface area contributed by atoms with Crippen molar-refractivity contribution in [3.05, 3.63) is 28.7 Å². The fraction of sp³-hybridized carbons (Fsp3) is 0.571. The van der Waals surface area contributed by atoms with Gasteiger partial charge in [0.25, 0.3) is 0 Å². The van der Waals surface area contributed by atoms with E-state index >= 15 is 0 Å². The molecular formula is C14H21BrO2S. The lowest BCUT2D eigenvalue weighted by Crippen LogP contribution is -2.06. The Balaban J connectivity index is 2.38. The average molecular weight is 333 g/mol. The number of unbranched alkanes of at least 4 members (excludes halogenated alkanes) is 5. The van der Waals surface area contributed by atoms with E-state index in [0.717, 1.165) is 23.7 Å². The third-order valence-electron chi connectivity index (χ3n) is 2.94. The molecule has 0 fully saturated rings. The fourth-order valence-electron chi connectivity index (χ4n) is 1.83. The zero-order valence-corrected chi connectivity index (χ0v) is 13.3. The quantitative estimate of drug-likeness (QED) is 0.653. The van der Waals surface area contributed by atoms with Gasteiger partial charge in [0, 0.05) is 4.47 Å². The summed E-state index contributed by atoms with van der Waals surface area (Å²) in [7, 11) is -3.09. The van der Waals surface area contributed by atoms with Crippen LogP contribution < -0.4 is 0 Å². The second-order valence-corrected chi connectivity index (χ2v) is 7.57. The Hall–Kier alpha value is -0.350. The van der Waals surface area contributed by atoms with Gasteiger partial charge in [0.05, 0.1) is 10.6 Å². The minimum Gasteiger partial charge on any atom is -0.224 e. The van der Waals surface area contributed by atoms with Gasteiger partial charge in [-0.15, -0.1) is 0 Å². The lowest BCUT2D eigenvalue weighted by molar-refractivity contribution is 0.583. The molecule has 0 amide bonds. The van der Waals surface area contributed by atoms with E-state index in [1.807, 2.05) is 0 Å². The van der Waals surface area contributed by atoms with Crippen molar-refractivity contribution in [3.8, 4) is 0 Å². The first kappa shape index (κ1) is 15.7. The summed E-state index contributed by atoms with van der Waals surface area (Å²) in [5.41, 5.74) is 0. The summed E-state index contributed by atoms with van der Waals surface area (Å²) >= 11 is 3.31. The van der Waals surface area contributed by atoms with Gasteiger partial charge in [-0.1, -0.05) is 55.0 Å². The Labute approximate surface area is 119 Å². The van der Waals surface area contributed by atoms with Gasteiger partial charge >= 0.3 is 0 Å². The first-order valence-electron chi connectivity index (χ1n) is 6.54.